The molecule has 6 nitrogen and oxygen atoms in total. The summed E-state index contributed by atoms with van der Waals surface area (Å²) in [4.78, 5) is 23.4. The third-order valence-corrected chi connectivity index (χ3v) is 3.97. The number of methoxy groups -OCH3 is 1. The Bertz CT molecular complexity index is 732. The Morgan fingerprint density at radius 2 is 1.79 bits per heavy atom. The normalized spacial score (nSPS) is 13.1. The lowest BCUT2D eigenvalue weighted by Crippen LogP contribution is -2.31. The lowest BCUT2D eigenvalue weighted by Gasteiger charge is -2.23. The van der Waals surface area contributed by atoms with Crippen LogP contribution in [0.5, 0.6) is 0 Å². The van der Waals surface area contributed by atoms with Gasteiger partial charge in [0, 0.05) is 17.3 Å². The molecule has 6 heteroatoms. The number of carbonyl (C=O) groups is 2. The molecule has 2 atom stereocenters. The number of rotatable bonds is 6. The summed E-state index contributed by atoms with van der Waals surface area (Å²) in [5.74, 6) is -1.58. The Labute approximate surface area is 140 Å². The van der Waals surface area contributed by atoms with Crippen LogP contribution >= 0.6 is 0 Å². The molecule has 0 aliphatic heterocycles. The molecule has 0 spiro atoms. The molecule has 24 heavy (non-hydrogen) atoms. The van der Waals surface area contributed by atoms with Gasteiger partial charge in [-0.15, -0.1) is 0 Å². The molecule has 2 aromatic carbocycles. The average Bonchev–Trinajstić information content (AvgIpc) is 2.59. The molecule has 0 aliphatic rings. The maximum absolute atomic E-state index is 12.2. The van der Waals surface area contributed by atoms with Crippen LogP contribution in [-0.4, -0.2) is 19.0 Å². The zero-order valence-corrected chi connectivity index (χ0v) is 13.4. The summed E-state index contributed by atoms with van der Waals surface area (Å²) in [6.07, 6.45) is 0.422. The zero-order chi connectivity index (χ0) is 17.7. The number of benzene rings is 2. The standard InChI is InChI=1S/C18H21N3O3/c1-24-18(23)14(9-11-5-3-2-4-6-11)16(20)13-8-7-12(17(21)22)10-15(13)19/h2-8,10,14,16H,9,19-20H2,1H3,(H2,21,22)/t14?,16-/m1/s1. The molecule has 0 radical (unpaired) electrons. The maximum Gasteiger partial charge on any atom is 0.310 e. The summed E-state index contributed by atoms with van der Waals surface area (Å²) in [5, 5.41) is 0. The molecule has 2 aromatic rings. The molecule has 0 fully saturated rings. The molecule has 0 bridgehead atoms. The smallest absolute Gasteiger partial charge is 0.310 e. The molecular weight excluding hydrogens is 306 g/mol. The molecule has 0 aromatic heterocycles. The highest BCUT2D eigenvalue weighted by Crippen LogP contribution is 2.29. The van der Waals surface area contributed by atoms with Gasteiger partial charge in [-0.2, -0.15) is 0 Å². The monoisotopic (exact) mass is 327 g/mol. The van der Waals surface area contributed by atoms with Gasteiger partial charge in [-0.25, -0.2) is 0 Å². The van der Waals surface area contributed by atoms with Gasteiger partial charge in [0.25, 0.3) is 0 Å². The number of nitrogens with two attached hydrogens (primary N) is 3. The molecule has 0 aliphatic carbocycles. The number of esters is 1. The second-order valence-corrected chi connectivity index (χ2v) is 5.55. The van der Waals surface area contributed by atoms with Crippen molar-refractivity contribution >= 4 is 17.6 Å². The molecule has 1 unspecified atom stereocenters. The summed E-state index contributed by atoms with van der Waals surface area (Å²) in [5.41, 5.74) is 19.7. The van der Waals surface area contributed by atoms with Crippen molar-refractivity contribution in [2.24, 2.45) is 17.4 Å². The van der Waals surface area contributed by atoms with Crippen molar-refractivity contribution in [3.8, 4) is 0 Å². The van der Waals surface area contributed by atoms with Crippen LogP contribution in [-0.2, 0) is 16.0 Å². The van der Waals surface area contributed by atoms with Gasteiger partial charge in [-0.3, -0.25) is 9.59 Å². The minimum absolute atomic E-state index is 0.293. The highest BCUT2D eigenvalue weighted by atomic mass is 16.5. The number of hydrogen-bond acceptors (Lipinski definition) is 5. The summed E-state index contributed by atoms with van der Waals surface area (Å²) in [6.45, 7) is 0. The number of anilines is 1. The lowest BCUT2D eigenvalue weighted by molar-refractivity contribution is -0.146. The second kappa shape index (κ2) is 7.61. The van der Waals surface area contributed by atoms with Crippen molar-refractivity contribution in [3.05, 3.63) is 65.2 Å². The van der Waals surface area contributed by atoms with Crippen LogP contribution in [0.15, 0.2) is 48.5 Å². The van der Waals surface area contributed by atoms with E-state index in [0.717, 1.165) is 5.56 Å². The van der Waals surface area contributed by atoms with Gasteiger partial charge in [0.05, 0.1) is 13.0 Å². The van der Waals surface area contributed by atoms with Gasteiger partial charge >= 0.3 is 5.97 Å². The Balaban J connectivity index is 2.32. The fourth-order valence-corrected chi connectivity index (χ4v) is 2.62. The van der Waals surface area contributed by atoms with E-state index in [1.54, 1.807) is 12.1 Å². The Morgan fingerprint density at radius 3 is 2.33 bits per heavy atom. The molecular formula is C18H21N3O3. The van der Waals surface area contributed by atoms with Crippen LogP contribution in [0, 0.1) is 5.92 Å². The van der Waals surface area contributed by atoms with Crippen LogP contribution in [0.25, 0.3) is 0 Å². The predicted molar refractivity (Wildman–Crippen MR) is 92.0 cm³/mol. The van der Waals surface area contributed by atoms with Crippen molar-refractivity contribution in [1.29, 1.82) is 0 Å². The van der Waals surface area contributed by atoms with E-state index in [-0.39, 0.29) is 0 Å². The topological polar surface area (TPSA) is 121 Å². The van der Waals surface area contributed by atoms with E-state index < -0.39 is 23.8 Å². The number of hydrogen-bond donors (Lipinski definition) is 3. The van der Waals surface area contributed by atoms with Crippen LogP contribution in [0.2, 0.25) is 0 Å². The summed E-state index contributed by atoms with van der Waals surface area (Å²) in [6, 6.07) is 13.5. The van der Waals surface area contributed by atoms with E-state index >= 15 is 0 Å². The van der Waals surface area contributed by atoms with Crippen molar-refractivity contribution in [1.82, 2.24) is 0 Å². The molecule has 126 valence electrons. The second-order valence-electron chi connectivity index (χ2n) is 5.55. The predicted octanol–water partition coefficient (Wildman–Crippen LogP) is 1.40. The first kappa shape index (κ1) is 17.5. The highest BCUT2D eigenvalue weighted by molar-refractivity contribution is 5.94. The van der Waals surface area contributed by atoms with Gasteiger partial charge in [0.1, 0.15) is 0 Å². The fraction of sp³-hybridized carbons (Fsp3) is 0.222. The molecule has 0 heterocycles. The number of amides is 1. The minimum atomic E-state index is -0.667. The molecule has 2 rings (SSSR count). The first-order chi connectivity index (χ1) is 11.4. The van der Waals surface area contributed by atoms with Crippen LogP contribution in [0.4, 0.5) is 5.69 Å². The van der Waals surface area contributed by atoms with Crippen molar-refractivity contribution < 1.29 is 14.3 Å². The maximum atomic E-state index is 12.2. The number of nitrogen functional groups attached to an aromatic ring is 1. The summed E-state index contributed by atoms with van der Waals surface area (Å²) in [7, 11) is 1.33. The average molecular weight is 327 g/mol. The van der Waals surface area contributed by atoms with Crippen LogP contribution < -0.4 is 17.2 Å². The molecule has 0 saturated heterocycles. The van der Waals surface area contributed by atoms with Gasteiger partial charge in [0.2, 0.25) is 5.91 Å². The fourth-order valence-electron chi connectivity index (χ4n) is 2.62. The van der Waals surface area contributed by atoms with Crippen molar-refractivity contribution in [3.63, 3.8) is 0 Å². The van der Waals surface area contributed by atoms with E-state index in [1.807, 2.05) is 30.3 Å². The lowest BCUT2D eigenvalue weighted by atomic mass is 9.87. The summed E-state index contributed by atoms with van der Waals surface area (Å²) < 4.78 is 4.90. The summed E-state index contributed by atoms with van der Waals surface area (Å²) >= 11 is 0. The Kier molecular flexibility index (Phi) is 5.55. The number of primary amides is 1. The third kappa shape index (κ3) is 3.91. The van der Waals surface area contributed by atoms with Gasteiger partial charge in [-0.05, 0) is 29.7 Å². The van der Waals surface area contributed by atoms with E-state index in [0.29, 0.717) is 23.2 Å². The number of carbonyl (C=O) groups excluding carboxylic acids is 2. The van der Waals surface area contributed by atoms with E-state index in [2.05, 4.69) is 0 Å². The zero-order valence-electron chi connectivity index (χ0n) is 13.4. The van der Waals surface area contributed by atoms with Crippen molar-refractivity contribution in [2.75, 3.05) is 12.8 Å². The third-order valence-electron chi connectivity index (χ3n) is 3.97. The Morgan fingerprint density at radius 1 is 1.12 bits per heavy atom. The van der Waals surface area contributed by atoms with Crippen molar-refractivity contribution in [2.45, 2.75) is 12.5 Å². The Hall–Kier alpha value is -2.86. The van der Waals surface area contributed by atoms with Gasteiger partial charge in [0.15, 0.2) is 0 Å². The molecule has 6 N–H and O–H groups in total. The van der Waals surface area contributed by atoms with E-state index in [4.69, 9.17) is 21.9 Å². The molecule has 1 amide bonds. The van der Waals surface area contributed by atoms with Gasteiger partial charge < -0.3 is 21.9 Å². The van der Waals surface area contributed by atoms with Gasteiger partial charge in [-0.1, -0.05) is 36.4 Å². The van der Waals surface area contributed by atoms with Crippen LogP contribution in [0.3, 0.4) is 0 Å². The highest BCUT2D eigenvalue weighted by Gasteiger charge is 2.29. The molecule has 0 saturated carbocycles. The quantitative estimate of drug-likeness (QED) is 0.547. The minimum Gasteiger partial charge on any atom is -0.469 e. The van der Waals surface area contributed by atoms with E-state index in [9.17, 15) is 9.59 Å². The first-order valence-corrected chi connectivity index (χ1v) is 7.50. The van der Waals surface area contributed by atoms with Crippen LogP contribution in [0.1, 0.15) is 27.5 Å². The largest absolute Gasteiger partial charge is 0.469 e. The first-order valence-electron chi connectivity index (χ1n) is 7.50. The SMILES string of the molecule is COC(=O)C(Cc1ccccc1)[C@H](N)c1ccc(C(N)=O)cc1N. The number of ether oxygens (including phenoxy) is 1. The van der Waals surface area contributed by atoms with E-state index in [1.165, 1.54) is 13.2 Å².